The normalized spacial score (nSPS) is 46.9. The number of rotatable bonds is 6. The number of hydrogen-bond acceptors (Lipinski definition) is 3. The zero-order chi connectivity index (χ0) is 22.4. The molecule has 2 N–H and O–H groups in total. The lowest BCUT2D eigenvalue weighted by atomic mass is 9.39. The van der Waals surface area contributed by atoms with Gasteiger partial charge < -0.3 is 10.5 Å². The summed E-state index contributed by atoms with van der Waals surface area (Å²) in [6.45, 7) is 12.1. The Balaban J connectivity index is 1.48. The molecule has 31 heavy (non-hydrogen) atoms. The molecule has 0 spiro atoms. The van der Waals surface area contributed by atoms with E-state index in [-0.39, 0.29) is 17.4 Å². The van der Waals surface area contributed by atoms with Crippen LogP contribution in [-0.4, -0.2) is 18.1 Å². The van der Waals surface area contributed by atoms with Crippen molar-refractivity contribution >= 4 is 5.97 Å². The summed E-state index contributed by atoms with van der Waals surface area (Å²) in [6, 6.07) is 0. The molecule has 3 nitrogen and oxygen atoms in total. The number of carbonyl (C=O) groups excluding carboxylic acids is 1. The van der Waals surface area contributed by atoms with Crippen LogP contribution < -0.4 is 5.73 Å². The van der Waals surface area contributed by atoms with E-state index in [1.54, 1.807) is 0 Å². The summed E-state index contributed by atoms with van der Waals surface area (Å²) in [5.41, 5.74) is 8.39. The van der Waals surface area contributed by atoms with Gasteiger partial charge in [-0.15, -0.1) is 0 Å². The van der Waals surface area contributed by atoms with Crippen molar-refractivity contribution in [3.63, 3.8) is 0 Å². The Hall–Kier alpha value is -0.570. The van der Waals surface area contributed by atoms with Crippen molar-refractivity contribution in [2.24, 2.45) is 52.1 Å². The molecule has 0 radical (unpaired) electrons. The second-order valence-electron chi connectivity index (χ2n) is 12.7. The molecule has 4 fully saturated rings. The minimum atomic E-state index is -0.0517. The number of nitrogens with two attached hydrogens (primary N) is 1. The van der Waals surface area contributed by atoms with Crippen LogP contribution in [0.4, 0.5) is 0 Å². The van der Waals surface area contributed by atoms with Gasteiger partial charge in [0.2, 0.25) is 0 Å². The zero-order valence-corrected chi connectivity index (χ0v) is 21.1. The van der Waals surface area contributed by atoms with E-state index in [9.17, 15) is 4.79 Å². The number of esters is 1. The molecule has 0 aliphatic heterocycles. The molecule has 4 saturated carbocycles. The summed E-state index contributed by atoms with van der Waals surface area (Å²) in [5, 5.41) is 0. The van der Waals surface area contributed by atoms with E-state index in [1.807, 2.05) is 13.8 Å². The fraction of sp³-hybridized carbons (Fsp3) is 0.964. The Morgan fingerprint density at radius 1 is 1.03 bits per heavy atom. The van der Waals surface area contributed by atoms with Crippen molar-refractivity contribution in [1.29, 1.82) is 0 Å². The highest BCUT2D eigenvalue weighted by Gasteiger charge is 2.66. The Morgan fingerprint density at radius 3 is 2.52 bits per heavy atom. The van der Waals surface area contributed by atoms with E-state index in [4.69, 9.17) is 10.5 Å². The van der Waals surface area contributed by atoms with Crippen LogP contribution in [-0.2, 0) is 9.53 Å². The largest absolute Gasteiger partial charge is 0.465 e. The number of ether oxygens (including phenoxy) is 1. The lowest BCUT2D eigenvalue weighted by Crippen LogP contribution is -2.71. The molecule has 4 aliphatic rings. The van der Waals surface area contributed by atoms with Crippen LogP contribution in [0.25, 0.3) is 0 Å². The van der Waals surface area contributed by atoms with E-state index in [2.05, 4.69) is 20.8 Å². The van der Waals surface area contributed by atoms with Gasteiger partial charge in [-0.3, -0.25) is 4.79 Å². The minimum absolute atomic E-state index is 0.0211. The quantitative estimate of drug-likeness (QED) is 0.374. The Morgan fingerprint density at radius 2 is 1.81 bits per heavy atom. The fourth-order valence-electron chi connectivity index (χ4n) is 9.28. The van der Waals surface area contributed by atoms with Gasteiger partial charge in [0.25, 0.3) is 0 Å². The molecule has 0 aromatic heterocycles. The van der Waals surface area contributed by atoms with Crippen molar-refractivity contribution in [3.8, 4) is 0 Å². The molecule has 0 aromatic carbocycles. The second-order valence-corrected chi connectivity index (χ2v) is 12.7. The van der Waals surface area contributed by atoms with E-state index >= 15 is 0 Å². The molecule has 0 saturated heterocycles. The topological polar surface area (TPSA) is 52.3 Å². The van der Waals surface area contributed by atoms with Crippen LogP contribution in [0.15, 0.2) is 0 Å². The average molecular weight is 432 g/mol. The molecule has 0 aromatic rings. The van der Waals surface area contributed by atoms with Crippen LogP contribution in [0, 0.1) is 46.3 Å². The van der Waals surface area contributed by atoms with Gasteiger partial charge in [-0.2, -0.15) is 0 Å². The summed E-state index contributed by atoms with van der Waals surface area (Å²) in [7, 11) is 0. The van der Waals surface area contributed by atoms with Crippen LogP contribution in [0.3, 0.4) is 0 Å². The van der Waals surface area contributed by atoms with E-state index in [1.165, 1.54) is 70.6 Å². The third-order valence-electron chi connectivity index (χ3n) is 11.2. The SMILES string of the molecule is CC[C@H]1CC2C3CCC(CCCOC(=O)C(C)C)C3(C)CC[C@]2(N)C2(C)CCCCC12. The molecule has 3 heteroatoms. The third kappa shape index (κ3) is 3.69. The molecule has 8 atom stereocenters. The third-order valence-corrected chi connectivity index (χ3v) is 11.2. The monoisotopic (exact) mass is 431 g/mol. The molecule has 0 amide bonds. The zero-order valence-electron chi connectivity index (χ0n) is 21.1. The predicted octanol–water partition coefficient (Wildman–Crippen LogP) is 6.73. The fourth-order valence-corrected chi connectivity index (χ4v) is 9.28. The summed E-state index contributed by atoms with van der Waals surface area (Å²) in [5.74, 6) is 3.93. The first-order chi connectivity index (χ1) is 14.7. The first-order valence-electron chi connectivity index (χ1n) is 13.6. The van der Waals surface area contributed by atoms with Crippen LogP contribution in [0.1, 0.15) is 112 Å². The molecule has 0 bridgehead atoms. The van der Waals surface area contributed by atoms with Crippen molar-refractivity contribution in [3.05, 3.63) is 0 Å². The van der Waals surface area contributed by atoms with Gasteiger partial charge in [0.15, 0.2) is 0 Å². The standard InChI is InChI=1S/C28H49NO2/c1-6-20-18-24-23-13-12-21(10-9-17-31-25(30)19(2)3)26(23,4)15-16-28(24,29)27(5)14-8-7-11-22(20)27/h19-24H,6-18,29H2,1-5H3/t20-,21?,22?,23?,24?,26?,27?,28+/m0/s1. The van der Waals surface area contributed by atoms with Crippen molar-refractivity contribution < 1.29 is 9.53 Å². The minimum Gasteiger partial charge on any atom is -0.465 e. The smallest absolute Gasteiger partial charge is 0.308 e. The van der Waals surface area contributed by atoms with E-state index in [0.717, 1.165) is 30.1 Å². The van der Waals surface area contributed by atoms with E-state index < -0.39 is 0 Å². The van der Waals surface area contributed by atoms with Gasteiger partial charge in [0.05, 0.1) is 12.5 Å². The van der Waals surface area contributed by atoms with E-state index in [0.29, 0.717) is 23.4 Å². The highest BCUT2D eigenvalue weighted by Crippen LogP contribution is 2.69. The van der Waals surface area contributed by atoms with Crippen molar-refractivity contribution in [2.45, 2.75) is 117 Å². The Labute approximate surface area is 191 Å². The van der Waals surface area contributed by atoms with Gasteiger partial charge in [-0.25, -0.2) is 0 Å². The molecular weight excluding hydrogens is 382 g/mol. The molecule has 4 rings (SSSR count). The number of hydrogen-bond donors (Lipinski definition) is 1. The summed E-state index contributed by atoms with van der Waals surface area (Å²) >= 11 is 0. The lowest BCUT2D eigenvalue weighted by molar-refractivity contribution is -0.152. The Kier molecular flexibility index (Phi) is 6.58. The van der Waals surface area contributed by atoms with Gasteiger partial charge in [-0.1, -0.05) is 53.9 Å². The molecule has 0 heterocycles. The van der Waals surface area contributed by atoms with Gasteiger partial charge in [-0.05, 0) is 98.2 Å². The number of carbonyl (C=O) groups is 1. The van der Waals surface area contributed by atoms with Crippen LogP contribution >= 0.6 is 0 Å². The predicted molar refractivity (Wildman–Crippen MR) is 127 cm³/mol. The first-order valence-corrected chi connectivity index (χ1v) is 13.6. The maximum atomic E-state index is 11.8. The van der Waals surface area contributed by atoms with Crippen LogP contribution in [0.2, 0.25) is 0 Å². The Bertz CT molecular complexity index is 661. The second kappa shape index (κ2) is 8.65. The van der Waals surface area contributed by atoms with Gasteiger partial charge in [0, 0.05) is 5.54 Å². The summed E-state index contributed by atoms with van der Waals surface area (Å²) < 4.78 is 5.48. The highest BCUT2D eigenvalue weighted by atomic mass is 16.5. The van der Waals surface area contributed by atoms with Gasteiger partial charge in [0.1, 0.15) is 0 Å². The van der Waals surface area contributed by atoms with Crippen molar-refractivity contribution in [2.75, 3.05) is 6.61 Å². The molecule has 6 unspecified atom stereocenters. The highest BCUT2D eigenvalue weighted by molar-refractivity contribution is 5.71. The van der Waals surface area contributed by atoms with Crippen molar-refractivity contribution in [1.82, 2.24) is 0 Å². The van der Waals surface area contributed by atoms with Crippen LogP contribution in [0.5, 0.6) is 0 Å². The maximum Gasteiger partial charge on any atom is 0.308 e. The average Bonchev–Trinajstić information content (AvgIpc) is 3.07. The van der Waals surface area contributed by atoms with Gasteiger partial charge >= 0.3 is 5.97 Å². The lowest BCUT2D eigenvalue weighted by Gasteiger charge is -2.68. The molecule has 4 aliphatic carbocycles. The number of fused-ring (bicyclic) bond motifs is 5. The molecule has 178 valence electrons. The maximum absolute atomic E-state index is 11.8. The summed E-state index contributed by atoms with van der Waals surface area (Å²) in [6.07, 6.45) is 15.8. The summed E-state index contributed by atoms with van der Waals surface area (Å²) in [4.78, 5) is 11.8. The molecular formula is C28H49NO2. The first kappa shape index (κ1) is 23.6.